The quantitative estimate of drug-likeness (QED) is 0.453. The molecule has 0 unspecified atom stereocenters. The number of alkyl halides is 1. The smallest absolute Gasteiger partial charge is 0.266 e. The Balaban J connectivity index is 2.38. The average Bonchev–Trinajstić information content (AvgIpc) is 2.24. The van der Waals surface area contributed by atoms with Gasteiger partial charge in [-0.3, -0.25) is 9.36 Å². The molecule has 0 saturated heterocycles. The van der Waals surface area contributed by atoms with E-state index in [-0.39, 0.29) is 5.56 Å². The first-order chi connectivity index (χ1) is 7.25. The molecule has 0 aromatic carbocycles. The Morgan fingerprint density at radius 1 is 1.33 bits per heavy atom. The van der Waals surface area contributed by atoms with Gasteiger partial charge in [0.1, 0.15) is 0 Å². The number of nitrogens with zero attached hydrogens (tertiary/aromatic N) is 2. The SMILES string of the molecule is O=c1c(I)cncn1CCCCCCCl. The molecule has 84 valence electrons. The molecule has 15 heavy (non-hydrogen) atoms. The molecule has 1 aromatic heterocycles. The van der Waals surface area contributed by atoms with Crippen LogP contribution < -0.4 is 5.56 Å². The number of hydrogen-bond acceptors (Lipinski definition) is 2. The average molecular weight is 341 g/mol. The van der Waals surface area contributed by atoms with Crippen molar-refractivity contribution in [1.29, 1.82) is 0 Å². The van der Waals surface area contributed by atoms with Crippen molar-refractivity contribution in [3.05, 3.63) is 26.4 Å². The van der Waals surface area contributed by atoms with Gasteiger partial charge in [0.05, 0.1) is 9.90 Å². The van der Waals surface area contributed by atoms with Gasteiger partial charge in [0.25, 0.3) is 5.56 Å². The van der Waals surface area contributed by atoms with Gasteiger partial charge < -0.3 is 0 Å². The van der Waals surface area contributed by atoms with E-state index in [0.29, 0.717) is 3.57 Å². The lowest BCUT2D eigenvalue weighted by Gasteiger charge is -2.04. The molecule has 1 heterocycles. The summed E-state index contributed by atoms with van der Waals surface area (Å²) in [4.78, 5) is 15.6. The second-order valence-corrected chi connectivity index (χ2v) is 4.88. The molecule has 0 atom stereocenters. The van der Waals surface area contributed by atoms with Gasteiger partial charge in [-0.05, 0) is 35.4 Å². The number of halogens is 2. The van der Waals surface area contributed by atoms with E-state index in [0.717, 1.165) is 38.1 Å². The molecule has 1 rings (SSSR count). The van der Waals surface area contributed by atoms with Crippen LogP contribution >= 0.6 is 34.2 Å². The number of rotatable bonds is 6. The summed E-state index contributed by atoms with van der Waals surface area (Å²) in [6.45, 7) is 0.755. The van der Waals surface area contributed by atoms with Crippen molar-refractivity contribution in [2.24, 2.45) is 0 Å². The van der Waals surface area contributed by atoms with Gasteiger partial charge >= 0.3 is 0 Å². The Morgan fingerprint density at radius 3 is 2.80 bits per heavy atom. The van der Waals surface area contributed by atoms with E-state index in [1.54, 1.807) is 17.1 Å². The first kappa shape index (κ1) is 13.0. The summed E-state index contributed by atoms with van der Waals surface area (Å²) in [5.41, 5.74) is 0.0583. The molecule has 0 radical (unpaired) electrons. The molecule has 0 saturated carbocycles. The summed E-state index contributed by atoms with van der Waals surface area (Å²) < 4.78 is 2.35. The molecule has 0 aliphatic rings. The summed E-state index contributed by atoms with van der Waals surface area (Å²) in [5.74, 6) is 0.727. The third-order valence-corrected chi connectivity index (χ3v) is 3.15. The summed E-state index contributed by atoms with van der Waals surface area (Å²) >= 11 is 7.59. The van der Waals surface area contributed by atoms with Crippen molar-refractivity contribution in [3.63, 3.8) is 0 Å². The number of aromatic nitrogens is 2. The third kappa shape index (κ3) is 4.51. The molecule has 0 bridgehead atoms. The van der Waals surface area contributed by atoms with Crippen molar-refractivity contribution in [1.82, 2.24) is 9.55 Å². The van der Waals surface area contributed by atoms with Gasteiger partial charge in [0.15, 0.2) is 0 Å². The van der Waals surface area contributed by atoms with E-state index in [1.165, 1.54) is 0 Å². The van der Waals surface area contributed by atoms with Crippen molar-refractivity contribution in [2.75, 3.05) is 5.88 Å². The lowest BCUT2D eigenvalue weighted by molar-refractivity contribution is 0.563. The molecule has 0 N–H and O–H groups in total. The second kappa shape index (κ2) is 7.22. The zero-order chi connectivity index (χ0) is 11.1. The fraction of sp³-hybridized carbons (Fsp3) is 0.600. The molecule has 5 heteroatoms. The molecule has 0 amide bonds. The van der Waals surface area contributed by atoms with Crippen LogP contribution in [0.1, 0.15) is 25.7 Å². The maximum absolute atomic E-state index is 11.6. The van der Waals surface area contributed by atoms with Gasteiger partial charge in [-0.2, -0.15) is 0 Å². The van der Waals surface area contributed by atoms with Crippen molar-refractivity contribution in [2.45, 2.75) is 32.2 Å². The van der Waals surface area contributed by atoms with E-state index in [1.807, 2.05) is 22.6 Å². The first-order valence-corrected chi connectivity index (χ1v) is 6.63. The van der Waals surface area contributed by atoms with Crippen LogP contribution in [0.15, 0.2) is 17.3 Å². The Hall–Kier alpha value is -0.100. The van der Waals surface area contributed by atoms with E-state index in [4.69, 9.17) is 11.6 Å². The zero-order valence-corrected chi connectivity index (χ0v) is 11.4. The van der Waals surface area contributed by atoms with Crippen molar-refractivity contribution < 1.29 is 0 Å². The van der Waals surface area contributed by atoms with Crippen LogP contribution in [0.5, 0.6) is 0 Å². The normalized spacial score (nSPS) is 10.5. The highest BCUT2D eigenvalue weighted by atomic mass is 127. The van der Waals surface area contributed by atoms with E-state index < -0.39 is 0 Å². The molecule has 0 spiro atoms. The highest BCUT2D eigenvalue weighted by molar-refractivity contribution is 14.1. The fourth-order valence-electron chi connectivity index (χ4n) is 1.31. The molecule has 1 aromatic rings. The Kier molecular flexibility index (Phi) is 6.24. The van der Waals surface area contributed by atoms with Gasteiger partial charge in [-0.25, -0.2) is 4.98 Å². The van der Waals surface area contributed by atoms with Crippen molar-refractivity contribution >= 4 is 34.2 Å². The molecule has 0 fully saturated rings. The Morgan fingerprint density at radius 2 is 2.07 bits per heavy atom. The summed E-state index contributed by atoms with van der Waals surface area (Å²) in [5, 5.41) is 0. The van der Waals surface area contributed by atoms with Gasteiger partial charge in [-0.1, -0.05) is 12.8 Å². The van der Waals surface area contributed by atoms with E-state index >= 15 is 0 Å². The highest BCUT2D eigenvalue weighted by Gasteiger charge is 1.99. The van der Waals surface area contributed by atoms with Gasteiger partial charge in [0.2, 0.25) is 0 Å². The molecular formula is C10H14ClIN2O. The fourth-order valence-corrected chi connectivity index (χ4v) is 1.97. The standard InChI is InChI=1S/C10H14ClIN2O/c11-5-3-1-2-4-6-14-8-13-7-9(12)10(14)15/h7-8H,1-6H2. The predicted molar refractivity (Wildman–Crippen MR) is 70.4 cm³/mol. The maximum Gasteiger partial charge on any atom is 0.266 e. The minimum atomic E-state index is 0.0583. The first-order valence-electron chi connectivity index (χ1n) is 5.01. The summed E-state index contributed by atoms with van der Waals surface area (Å²) in [6.07, 6.45) is 7.51. The van der Waals surface area contributed by atoms with Crippen LogP contribution in [0, 0.1) is 3.57 Å². The molecule has 0 aliphatic carbocycles. The highest BCUT2D eigenvalue weighted by Crippen LogP contribution is 2.02. The van der Waals surface area contributed by atoms with Gasteiger partial charge in [-0.15, -0.1) is 11.6 Å². The Bertz CT molecular complexity index is 354. The van der Waals surface area contributed by atoms with Crippen LogP contribution in [0.4, 0.5) is 0 Å². The number of unbranched alkanes of at least 4 members (excludes halogenated alkanes) is 3. The predicted octanol–water partition coefficient (Wildman–Crippen LogP) is 2.65. The molecular weight excluding hydrogens is 326 g/mol. The minimum absolute atomic E-state index is 0.0583. The molecule has 0 aliphatic heterocycles. The lowest BCUT2D eigenvalue weighted by atomic mass is 10.2. The third-order valence-electron chi connectivity index (χ3n) is 2.14. The van der Waals surface area contributed by atoms with Crippen molar-refractivity contribution in [3.8, 4) is 0 Å². The topological polar surface area (TPSA) is 34.9 Å². The van der Waals surface area contributed by atoms with Crippen LogP contribution in [0.25, 0.3) is 0 Å². The lowest BCUT2D eigenvalue weighted by Crippen LogP contribution is -2.22. The number of aryl methyl sites for hydroxylation is 1. The Labute approximate surface area is 108 Å². The minimum Gasteiger partial charge on any atom is -0.298 e. The zero-order valence-electron chi connectivity index (χ0n) is 8.46. The monoisotopic (exact) mass is 340 g/mol. The maximum atomic E-state index is 11.6. The second-order valence-electron chi connectivity index (χ2n) is 3.34. The van der Waals surface area contributed by atoms with E-state index in [9.17, 15) is 4.79 Å². The van der Waals surface area contributed by atoms with Crippen LogP contribution in [0.2, 0.25) is 0 Å². The summed E-state index contributed by atoms with van der Waals surface area (Å²) in [6, 6.07) is 0. The number of hydrogen-bond donors (Lipinski definition) is 0. The summed E-state index contributed by atoms with van der Waals surface area (Å²) in [7, 11) is 0. The van der Waals surface area contributed by atoms with E-state index in [2.05, 4.69) is 4.98 Å². The molecule has 3 nitrogen and oxygen atoms in total. The van der Waals surface area contributed by atoms with Crippen LogP contribution in [-0.2, 0) is 6.54 Å². The van der Waals surface area contributed by atoms with Gasteiger partial charge in [0, 0.05) is 18.6 Å². The van der Waals surface area contributed by atoms with Crippen LogP contribution in [-0.4, -0.2) is 15.4 Å². The largest absolute Gasteiger partial charge is 0.298 e. The van der Waals surface area contributed by atoms with Crippen LogP contribution in [0.3, 0.4) is 0 Å².